The number of hydrogen-bond donors (Lipinski definition) is 4. The summed E-state index contributed by atoms with van der Waals surface area (Å²) in [5, 5.41) is 13.6. The van der Waals surface area contributed by atoms with E-state index < -0.39 is 0 Å². The molecular weight excluding hydrogens is 358 g/mol. The van der Waals surface area contributed by atoms with Crippen LogP contribution in [0.15, 0.2) is 18.2 Å². The summed E-state index contributed by atoms with van der Waals surface area (Å²) in [6.07, 6.45) is 3.92. The van der Waals surface area contributed by atoms with E-state index in [1.54, 1.807) is 14.2 Å². The summed E-state index contributed by atoms with van der Waals surface area (Å²) in [5.41, 5.74) is 0.964. The van der Waals surface area contributed by atoms with Gasteiger partial charge in [0, 0.05) is 32.0 Å². The molecule has 8 heteroatoms. The van der Waals surface area contributed by atoms with Crippen molar-refractivity contribution in [3.05, 3.63) is 18.2 Å². The SMILES string of the molecule is CNC1CCNC(Nc2ccc(OC)c(OC[C@H](CN3CCCC3)OC)c2)N1. The predicted molar refractivity (Wildman–Crippen MR) is 111 cm³/mol. The third-order valence-electron chi connectivity index (χ3n) is 5.39. The number of methoxy groups -OCH3 is 2. The molecule has 3 rings (SSSR count). The Kier molecular flexibility index (Phi) is 8.17. The zero-order valence-electron chi connectivity index (χ0n) is 17.3. The van der Waals surface area contributed by atoms with Crippen LogP contribution in [0.1, 0.15) is 19.3 Å². The van der Waals surface area contributed by atoms with Crippen LogP contribution >= 0.6 is 0 Å². The van der Waals surface area contributed by atoms with E-state index in [4.69, 9.17) is 14.2 Å². The minimum atomic E-state index is -0.00525. The van der Waals surface area contributed by atoms with Gasteiger partial charge in [0.25, 0.3) is 0 Å². The largest absolute Gasteiger partial charge is 0.493 e. The van der Waals surface area contributed by atoms with Gasteiger partial charge >= 0.3 is 0 Å². The number of ether oxygens (including phenoxy) is 3. The number of nitrogens with zero attached hydrogens (tertiary/aromatic N) is 1. The van der Waals surface area contributed by atoms with Crippen molar-refractivity contribution >= 4 is 5.69 Å². The molecule has 2 fully saturated rings. The van der Waals surface area contributed by atoms with Crippen LogP contribution in [-0.2, 0) is 4.74 Å². The van der Waals surface area contributed by atoms with Gasteiger partial charge in [0.05, 0.1) is 13.3 Å². The Labute approximate surface area is 168 Å². The Bertz CT molecular complexity index is 597. The fourth-order valence-electron chi connectivity index (χ4n) is 3.71. The van der Waals surface area contributed by atoms with Crippen LogP contribution in [0.3, 0.4) is 0 Å². The summed E-state index contributed by atoms with van der Waals surface area (Å²) in [6, 6.07) is 5.90. The first-order valence-electron chi connectivity index (χ1n) is 10.2. The fourth-order valence-corrected chi connectivity index (χ4v) is 3.71. The standard InChI is InChI=1S/C20H35N5O3/c1-21-19-8-9-22-20(24-19)23-15-6-7-17(27-3)18(12-15)28-14-16(26-2)13-25-10-4-5-11-25/h6-7,12,16,19-24H,4-5,8-11,13-14H2,1-3H3/t16-,19?,20?/m0/s1. The van der Waals surface area contributed by atoms with Gasteiger partial charge in [-0.3, -0.25) is 10.6 Å². The number of rotatable bonds is 10. The molecule has 2 unspecified atom stereocenters. The molecule has 0 aromatic heterocycles. The van der Waals surface area contributed by atoms with Crippen molar-refractivity contribution in [2.24, 2.45) is 0 Å². The summed E-state index contributed by atoms with van der Waals surface area (Å²) < 4.78 is 17.2. The lowest BCUT2D eigenvalue weighted by Crippen LogP contribution is -2.61. The highest BCUT2D eigenvalue weighted by Crippen LogP contribution is 2.30. The molecule has 0 bridgehead atoms. The minimum absolute atomic E-state index is 0.00525. The lowest BCUT2D eigenvalue weighted by Gasteiger charge is -2.33. The van der Waals surface area contributed by atoms with Crippen molar-refractivity contribution < 1.29 is 14.2 Å². The topological polar surface area (TPSA) is 79.0 Å². The Balaban J connectivity index is 1.58. The third kappa shape index (κ3) is 5.96. The highest BCUT2D eigenvalue weighted by atomic mass is 16.5. The molecule has 0 radical (unpaired) electrons. The molecule has 8 nitrogen and oxygen atoms in total. The second-order valence-corrected chi connectivity index (χ2v) is 7.37. The fraction of sp³-hybridized carbons (Fsp3) is 0.700. The van der Waals surface area contributed by atoms with Gasteiger partial charge in [-0.2, -0.15) is 0 Å². The van der Waals surface area contributed by atoms with E-state index in [2.05, 4.69) is 26.2 Å². The Morgan fingerprint density at radius 3 is 2.75 bits per heavy atom. The first kappa shape index (κ1) is 21.1. The third-order valence-corrected chi connectivity index (χ3v) is 5.39. The van der Waals surface area contributed by atoms with Crippen LogP contribution < -0.4 is 30.7 Å². The Morgan fingerprint density at radius 1 is 1.21 bits per heavy atom. The van der Waals surface area contributed by atoms with E-state index >= 15 is 0 Å². The summed E-state index contributed by atoms with van der Waals surface area (Å²) in [6.45, 7) is 4.64. The summed E-state index contributed by atoms with van der Waals surface area (Å²) in [4.78, 5) is 2.44. The lowest BCUT2D eigenvalue weighted by atomic mass is 10.2. The Morgan fingerprint density at radius 2 is 2.04 bits per heavy atom. The second-order valence-electron chi connectivity index (χ2n) is 7.37. The monoisotopic (exact) mass is 393 g/mol. The number of benzene rings is 1. The summed E-state index contributed by atoms with van der Waals surface area (Å²) in [7, 11) is 5.38. The molecule has 0 amide bonds. The van der Waals surface area contributed by atoms with Gasteiger partial charge in [-0.25, -0.2) is 0 Å². The summed E-state index contributed by atoms with van der Waals surface area (Å²) in [5.74, 6) is 1.44. The van der Waals surface area contributed by atoms with E-state index in [0.717, 1.165) is 49.8 Å². The maximum atomic E-state index is 6.09. The van der Waals surface area contributed by atoms with E-state index in [1.807, 2.05) is 25.2 Å². The molecule has 3 atom stereocenters. The van der Waals surface area contributed by atoms with Gasteiger partial charge in [-0.05, 0) is 51.5 Å². The van der Waals surface area contributed by atoms with E-state index in [1.165, 1.54) is 12.8 Å². The van der Waals surface area contributed by atoms with Crippen molar-refractivity contribution in [2.75, 3.05) is 59.4 Å². The van der Waals surface area contributed by atoms with Crippen molar-refractivity contribution in [3.8, 4) is 11.5 Å². The molecule has 0 aliphatic carbocycles. The summed E-state index contributed by atoms with van der Waals surface area (Å²) >= 11 is 0. The van der Waals surface area contributed by atoms with Crippen molar-refractivity contribution in [3.63, 3.8) is 0 Å². The number of hydrogen-bond acceptors (Lipinski definition) is 8. The van der Waals surface area contributed by atoms with E-state index in [0.29, 0.717) is 12.8 Å². The Hall–Kier alpha value is -1.58. The number of nitrogens with one attached hydrogen (secondary N) is 4. The van der Waals surface area contributed by atoms with Gasteiger partial charge in [0.15, 0.2) is 11.5 Å². The van der Waals surface area contributed by atoms with Gasteiger partial charge in [0.1, 0.15) is 19.0 Å². The molecule has 0 saturated carbocycles. The molecule has 2 saturated heterocycles. The maximum Gasteiger partial charge on any atom is 0.163 e. The number of likely N-dealkylation sites (tertiary alicyclic amines) is 1. The molecule has 2 aliphatic rings. The molecular formula is C20H35N5O3. The van der Waals surface area contributed by atoms with E-state index in [-0.39, 0.29) is 12.4 Å². The van der Waals surface area contributed by atoms with Crippen molar-refractivity contribution in [1.29, 1.82) is 0 Å². The normalized spacial score (nSPS) is 24.1. The minimum Gasteiger partial charge on any atom is -0.493 e. The molecule has 28 heavy (non-hydrogen) atoms. The second kappa shape index (κ2) is 10.8. The van der Waals surface area contributed by atoms with Gasteiger partial charge in [-0.15, -0.1) is 0 Å². The molecule has 1 aromatic carbocycles. The first-order chi connectivity index (χ1) is 13.7. The highest BCUT2D eigenvalue weighted by molar-refractivity contribution is 5.55. The molecule has 1 aromatic rings. The molecule has 0 spiro atoms. The smallest absolute Gasteiger partial charge is 0.163 e. The first-order valence-corrected chi connectivity index (χ1v) is 10.2. The molecule has 2 heterocycles. The van der Waals surface area contributed by atoms with Gasteiger partial charge < -0.3 is 29.7 Å². The predicted octanol–water partition coefficient (Wildman–Crippen LogP) is 1.01. The zero-order chi connectivity index (χ0) is 19.8. The van der Waals surface area contributed by atoms with Crippen LogP contribution in [0.2, 0.25) is 0 Å². The molecule has 2 aliphatic heterocycles. The van der Waals surface area contributed by atoms with Crippen LogP contribution in [-0.4, -0.2) is 77.5 Å². The zero-order valence-corrected chi connectivity index (χ0v) is 17.3. The van der Waals surface area contributed by atoms with Crippen molar-refractivity contribution in [1.82, 2.24) is 20.9 Å². The van der Waals surface area contributed by atoms with Crippen LogP contribution in [0, 0.1) is 0 Å². The average Bonchev–Trinajstić information content (AvgIpc) is 3.24. The lowest BCUT2D eigenvalue weighted by molar-refractivity contribution is 0.0339. The van der Waals surface area contributed by atoms with Crippen LogP contribution in [0.5, 0.6) is 11.5 Å². The van der Waals surface area contributed by atoms with Crippen LogP contribution in [0.25, 0.3) is 0 Å². The average molecular weight is 394 g/mol. The molecule has 4 N–H and O–H groups in total. The van der Waals surface area contributed by atoms with Gasteiger partial charge in [-0.1, -0.05) is 0 Å². The van der Waals surface area contributed by atoms with Crippen molar-refractivity contribution in [2.45, 2.75) is 37.8 Å². The van der Waals surface area contributed by atoms with E-state index in [9.17, 15) is 0 Å². The maximum absolute atomic E-state index is 6.09. The quantitative estimate of drug-likeness (QED) is 0.469. The van der Waals surface area contributed by atoms with Gasteiger partial charge in [0.2, 0.25) is 0 Å². The number of anilines is 1. The molecule has 158 valence electrons. The highest BCUT2D eigenvalue weighted by Gasteiger charge is 2.20. The van der Waals surface area contributed by atoms with Crippen LogP contribution in [0.4, 0.5) is 5.69 Å².